The number of hydrogen-bond acceptors (Lipinski definition) is 3. The minimum atomic E-state index is -4.35. The fourth-order valence-electron chi connectivity index (χ4n) is 1.48. The van der Waals surface area contributed by atoms with Crippen molar-refractivity contribution >= 4 is 29.5 Å². The number of nitrogens with one attached hydrogen (secondary N) is 2. The number of benzene rings is 1. The van der Waals surface area contributed by atoms with Gasteiger partial charge in [-0.3, -0.25) is 4.79 Å². The number of amides is 1. The number of carbonyl (C=O) groups is 1. The number of hydrogen-bond donors (Lipinski definition) is 2. The molecule has 1 heterocycles. The van der Waals surface area contributed by atoms with Crippen LogP contribution in [0.2, 0.25) is 0 Å². The van der Waals surface area contributed by atoms with E-state index in [0.29, 0.717) is 15.2 Å². The van der Waals surface area contributed by atoms with Gasteiger partial charge >= 0.3 is 6.18 Å². The molecule has 1 aromatic carbocycles. The van der Waals surface area contributed by atoms with Crippen LogP contribution in [0.1, 0.15) is 21.6 Å². The van der Waals surface area contributed by atoms with Crippen molar-refractivity contribution in [1.82, 2.24) is 10.3 Å². The Hall–Kier alpha value is -1.67. The van der Waals surface area contributed by atoms with E-state index in [9.17, 15) is 18.0 Å². The molecule has 0 spiro atoms. The molecule has 0 aliphatic rings. The third kappa shape index (κ3) is 3.67. The van der Waals surface area contributed by atoms with E-state index < -0.39 is 11.7 Å². The van der Waals surface area contributed by atoms with E-state index in [2.05, 4.69) is 10.3 Å². The summed E-state index contributed by atoms with van der Waals surface area (Å²) in [5.74, 6) is -0.350. The molecule has 0 aliphatic heterocycles. The predicted octanol–water partition coefficient (Wildman–Crippen LogP) is 3.75. The van der Waals surface area contributed by atoms with Crippen molar-refractivity contribution in [2.45, 2.75) is 12.7 Å². The smallest absolute Gasteiger partial charge is 0.347 e. The quantitative estimate of drug-likeness (QED) is 0.847. The molecule has 0 aliphatic carbocycles. The number of halogens is 3. The monoisotopic (exact) mass is 318 g/mol. The fraction of sp³-hybridized carbons (Fsp3) is 0.167. The third-order valence-electron chi connectivity index (χ3n) is 2.50. The maximum atomic E-state index is 12.4. The van der Waals surface area contributed by atoms with Crippen molar-refractivity contribution in [2.75, 3.05) is 0 Å². The van der Waals surface area contributed by atoms with Gasteiger partial charge in [0, 0.05) is 11.9 Å². The zero-order valence-corrected chi connectivity index (χ0v) is 11.6. The molecule has 0 unspecified atom stereocenters. The third-order valence-corrected chi connectivity index (χ3v) is 3.56. The van der Waals surface area contributed by atoms with Gasteiger partial charge in [-0.25, -0.2) is 0 Å². The van der Waals surface area contributed by atoms with Gasteiger partial charge < -0.3 is 10.3 Å². The fourth-order valence-corrected chi connectivity index (χ4v) is 2.29. The molecule has 0 saturated carbocycles. The van der Waals surface area contributed by atoms with Crippen LogP contribution in [0.3, 0.4) is 0 Å². The number of aromatic amines is 1. The van der Waals surface area contributed by atoms with Crippen molar-refractivity contribution in [1.29, 1.82) is 0 Å². The topological polar surface area (TPSA) is 44.9 Å². The number of aromatic nitrogens is 1. The summed E-state index contributed by atoms with van der Waals surface area (Å²) >= 11 is 6.09. The van der Waals surface area contributed by atoms with Gasteiger partial charge in [-0.15, -0.1) is 11.3 Å². The molecule has 0 radical (unpaired) electrons. The molecule has 0 bridgehead atoms. The van der Waals surface area contributed by atoms with Crippen LogP contribution in [-0.2, 0) is 12.7 Å². The summed E-state index contributed by atoms with van der Waals surface area (Å²) in [6.07, 6.45) is -4.35. The molecular formula is C12H9F3N2OS2. The molecule has 1 aromatic heterocycles. The van der Waals surface area contributed by atoms with E-state index in [4.69, 9.17) is 12.2 Å². The average Bonchev–Trinajstić information content (AvgIpc) is 2.82. The van der Waals surface area contributed by atoms with Crippen molar-refractivity contribution < 1.29 is 18.0 Å². The van der Waals surface area contributed by atoms with E-state index in [1.807, 2.05) is 0 Å². The molecule has 106 valence electrons. The van der Waals surface area contributed by atoms with Crippen molar-refractivity contribution in [3.05, 3.63) is 50.4 Å². The van der Waals surface area contributed by atoms with Crippen LogP contribution in [-0.4, -0.2) is 10.9 Å². The summed E-state index contributed by atoms with van der Waals surface area (Å²) in [5, 5.41) is 4.18. The Morgan fingerprint density at radius 3 is 2.45 bits per heavy atom. The molecule has 2 N–H and O–H groups in total. The van der Waals surface area contributed by atoms with Crippen LogP contribution in [0, 0.1) is 3.95 Å². The van der Waals surface area contributed by atoms with Gasteiger partial charge in [0.2, 0.25) is 0 Å². The van der Waals surface area contributed by atoms with E-state index in [1.165, 1.54) is 23.5 Å². The summed E-state index contributed by atoms with van der Waals surface area (Å²) in [6, 6.07) is 4.64. The highest BCUT2D eigenvalue weighted by Gasteiger charge is 2.29. The molecule has 3 nitrogen and oxygen atoms in total. The van der Waals surface area contributed by atoms with Gasteiger partial charge in [0.1, 0.15) is 5.69 Å². The summed E-state index contributed by atoms with van der Waals surface area (Å²) in [6.45, 7) is 0.146. The van der Waals surface area contributed by atoms with Crippen molar-refractivity contribution in [2.24, 2.45) is 0 Å². The van der Waals surface area contributed by atoms with E-state index >= 15 is 0 Å². The Morgan fingerprint density at radius 1 is 1.30 bits per heavy atom. The summed E-state index contributed by atoms with van der Waals surface area (Å²) < 4.78 is 37.6. The lowest BCUT2D eigenvalue weighted by molar-refractivity contribution is -0.137. The molecule has 2 rings (SSSR count). The number of carbonyl (C=O) groups excluding carboxylic acids is 1. The standard InChI is InChI=1S/C12H9F3N2OS2/c13-12(14,15)8-3-1-7(2-4-8)5-16-10(18)9-6-20-11(19)17-9/h1-4,6H,5H2,(H,16,18)(H,17,19). The maximum Gasteiger partial charge on any atom is 0.416 e. The van der Waals surface area contributed by atoms with E-state index in [1.54, 1.807) is 5.38 Å². The maximum absolute atomic E-state index is 12.4. The van der Waals surface area contributed by atoms with Crippen molar-refractivity contribution in [3.8, 4) is 0 Å². The first-order valence-electron chi connectivity index (χ1n) is 5.48. The predicted molar refractivity (Wildman–Crippen MR) is 72.1 cm³/mol. The summed E-state index contributed by atoms with van der Waals surface area (Å²) in [7, 11) is 0. The first-order valence-corrected chi connectivity index (χ1v) is 6.77. The zero-order chi connectivity index (χ0) is 14.8. The Balaban J connectivity index is 1.98. The van der Waals surface area contributed by atoms with Crippen molar-refractivity contribution in [3.63, 3.8) is 0 Å². The SMILES string of the molecule is O=C(NCc1ccc(C(F)(F)F)cc1)c1csc(=S)[nH]1. The molecule has 1 amide bonds. The summed E-state index contributed by atoms with van der Waals surface area (Å²) in [4.78, 5) is 14.4. The second-order valence-corrected chi connectivity index (χ2v) is 5.49. The average molecular weight is 318 g/mol. The Bertz CT molecular complexity index is 658. The van der Waals surface area contributed by atoms with Crippen LogP contribution < -0.4 is 5.32 Å². The van der Waals surface area contributed by atoms with Gasteiger partial charge in [-0.2, -0.15) is 13.2 Å². The van der Waals surface area contributed by atoms with Gasteiger partial charge in [-0.1, -0.05) is 12.1 Å². The Morgan fingerprint density at radius 2 is 1.95 bits per heavy atom. The normalized spacial score (nSPS) is 11.3. The lowest BCUT2D eigenvalue weighted by Gasteiger charge is -2.08. The van der Waals surface area contributed by atoms with Gasteiger partial charge in [0.05, 0.1) is 5.56 Å². The highest BCUT2D eigenvalue weighted by molar-refractivity contribution is 7.73. The van der Waals surface area contributed by atoms with Gasteiger partial charge in [0.25, 0.3) is 5.91 Å². The highest BCUT2D eigenvalue weighted by atomic mass is 32.1. The molecule has 0 saturated heterocycles. The van der Waals surface area contributed by atoms with Gasteiger partial charge in [-0.05, 0) is 29.9 Å². The Labute approximate surface area is 121 Å². The molecule has 0 fully saturated rings. The Kier molecular flexibility index (Phi) is 4.24. The zero-order valence-electron chi connectivity index (χ0n) is 9.95. The van der Waals surface area contributed by atoms with E-state index in [-0.39, 0.29) is 12.5 Å². The lowest BCUT2D eigenvalue weighted by atomic mass is 10.1. The lowest BCUT2D eigenvalue weighted by Crippen LogP contribution is -2.23. The van der Waals surface area contributed by atoms with Crippen LogP contribution >= 0.6 is 23.6 Å². The number of rotatable bonds is 3. The number of thiazole rings is 1. The second kappa shape index (κ2) is 5.76. The van der Waals surface area contributed by atoms with Crippen LogP contribution in [0.15, 0.2) is 29.6 Å². The molecule has 20 heavy (non-hydrogen) atoms. The highest BCUT2D eigenvalue weighted by Crippen LogP contribution is 2.29. The summed E-state index contributed by atoms with van der Waals surface area (Å²) in [5.41, 5.74) is 0.210. The molecule has 0 atom stereocenters. The minimum Gasteiger partial charge on any atom is -0.347 e. The van der Waals surface area contributed by atoms with Gasteiger partial charge in [0.15, 0.2) is 3.95 Å². The van der Waals surface area contributed by atoms with Crippen LogP contribution in [0.5, 0.6) is 0 Å². The number of alkyl halides is 3. The molecule has 8 heteroatoms. The first-order chi connectivity index (χ1) is 9.36. The minimum absolute atomic E-state index is 0.146. The molecule has 2 aromatic rings. The van der Waals surface area contributed by atoms with E-state index in [0.717, 1.165) is 12.1 Å². The van der Waals surface area contributed by atoms with Crippen LogP contribution in [0.25, 0.3) is 0 Å². The first kappa shape index (κ1) is 14.7. The number of H-pyrrole nitrogens is 1. The second-order valence-electron chi connectivity index (χ2n) is 3.94. The largest absolute Gasteiger partial charge is 0.416 e. The molecular weight excluding hydrogens is 309 g/mol. The van der Waals surface area contributed by atoms with Crippen LogP contribution in [0.4, 0.5) is 13.2 Å².